The molecule has 0 aliphatic heterocycles. The van der Waals surface area contributed by atoms with E-state index in [2.05, 4.69) is 15.3 Å². The number of carbonyl (C=O) groups is 1. The van der Waals surface area contributed by atoms with Crippen LogP contribution in [0.25, 0.3) is 11.0 Å². The molecule has 1 aromatic carbocycles. The molecule has 1 heterocycles. The summed E-state index contributed by atoms with van der Waals surface area (Å²) >= 11 is 0. The summed E-state index contributed by atoms with van der Waals surface area (Å²) in [5.74, 6) is 0.758. The highest BCUT2D eigenvalue weighted by Crippen LogP contribution is 2.33. The Morgan fingerprint density at radius 1 is 1.42 bits per heavy atom. The number of nitrogens with zero attached hydrogens (tertiary/aromatic N) is 1. The van der Waals surface area contributed by atoms with Crippen LogP contribution in [0.5, 0.6) is 0 Å². The normalized spacial score (nSPS) is 15.3. The summed E-state index contributed by atoms with van der Waals surface area (Å²) in [6, 6.07) is 5.59. The van der Waals surface area contributed by atoms with Crippen molar-refractivity contribution in [3.8, 4) is 0 Å². The zero-order valence-corrected chi connectivity index (χ0v) is 12.0. The van der Waals surface area contributed by atoms with E-state index in [0.717, 1.165) is 35.4 Å². The van der Waals surface area contributed by atoms with Gasteiger partial charge in [0.25, 0.3) is 0 Å². The topological polar surface area (TPSA) is 83.8 Å². The molecule has 104 valence electrons. The third-order valence-corrected chi connectivity index (χ3v) is 3.10. The van der Waals surface area contributed by atoms with E-state index < -0.39 is 5.54 Å². The van der Waals surface area contributed by atoms with Gasteiger partial charge in [-0.2, -0.15) is 0 Å². The van der Waals surface area contributed by atoms with E-state index in [9.17, 15) is 4.79 Å². The standard InChI is InChI=1S/C12H14N4O.2ClH/c1-7-14-9-3-2-8(6-10(9)15-7)16-11(17)12(13)4-5-12;;/h2-3,6H,4-5,13H2,1H3,(H,14,15)(H,16,17);2*1H. The van der Waals surface area contributed by atoms with Gasteiger partial charge in [-0.25, -0.2) is 4.98 Å². The Kier molecular flexibility index (Phi) is 4.45. The third kappa shape index (κ3) is 3.00. The maximum absolute atomic E-state index is 11.8. The fraction of sp³-hybridized carbons (Fsp3) is 0.333. The van der Waals surface area contributed by atoms with Gasteiger partial charge in [0.15, 0.2) is 0 Å². The first-order valence-corrected chi connectivity index (χ1v) is 5.64. The van der Waals surface area contributed by atoms with Crippen molar-refractivity contribution in [2.75, 3.05) is 5.32 Å². The molecule has 1 aromatic heterocycles. The number of halogens is 2. The van der Waals surface area contributed by atoms with E-state index in [0.29, 0.717) is 0 Å². The molecule has 0 radical (unpaired) electrons. The summed E-state index contributed by atoms with van der Waals surface area (Å²) in [5, 5.41) is 2.83. The Morgan fingerprint density at radius 3 is 2.74 bits per heavy atom. The number of benzene rings is 1. The molecule has 1 saturated carbocycles. The number of imidazole rings is 1. The number of anilines is 1. The van der Waals surface area contributed by atoms with Crippen LogP contribution >= 0.6 is 24.8 Å². The van der Waals surface area contributed by atoms with E-state index in [1.54, 1.807) is 0 Å². The van der Waals surface area contributed by atoms with E-state index >= 15 is 0 Å². The van der Waals surface area contributed by atoms with Crippen molar-refractivity contribution in [2.24, 2.45) is 5.73 Å². The molecule has 0 saturated heterocycles. The number of nitrogens with one attached hydrogen (secondary N) is 2. The molecular weight excluding hydrogens is 287 g/mol. The summed E-state index contributed by atoms with van der Waals surface area (Å²) in [5.41, 5.74) is 7.75. The molecule has 1 fully saturated rings. The van der Waals surface area contributed by atoms with Gasteiger partial charge in [-0.05, 0) is 38.0 Å². The molecule has 19 heavy (non-hydrogen) atoms. The molecule has 0 atom stereocenters. The van der Waals surface area contributed by atoms with Crippen molar-refractivity contribution in [1.29, 1.82) is 0 Å². The summed E-state index contributed by atoms with van der Waals surface area (Å²) in [6.07, 6.45) is 1.54. The van der Waals surface area contributed by atoms with Crippen molar-refractivity contribution in [3.05, 3.63) is 24.0 Å². The minimum atomic E-state index is -0.640. The number of nitrogens with two attached hydrogens (primary N) is 1. The number of hydrogen-bond donors (Lipinski definition) is 3. The summed E-state index contributed by atoms with van der Waals surface area (Å²) < 4.78 is 0. The van der Waals surface area contributed by atoms with Crippen molar-refractivity contribution in [1.82, 2.24) is 9.97 Å². The predicted octanol–water partition coefficient (Wildman–Crippen LogP) is 2.14. The molecule has 1 aliphatic carbocycles. The van der Waals surface area contributed by atoms with Crippen molar-refractivity contribution >= 4 is 47.4 Å². The zero-order valence-electron chi connectivity index (χ0n) is 10.4. The Labute approximate surface area is 123 Å². The van der Waals surface area contributed by atoms with Crippen molar-refractivity contribution < 1.29 is 4.79 Å². The minimum absolute atomic E-state index is 0. The first kappa shape index (κ1) is 15.8. The number of rotatable bonds is 2. The summed E-state index contributed by atoms with van der Waals surface area (Å²) in [4.78, 5) is 19.2. The van der Waals surface area contributed by atoms with Crippen LogP contribution in [-0.4, -0.2) is 21.4 Å². The molecule has 2 aromatic rings. The third-order valence-electron chi connectivity index (χ3n) is 3.10. The van der Waals surface area contributed by atoms with E-state index in [1.165, 1.54) is 0 Å². The van der Waals surface area contributed by atoms with Crippen LogP contribution < -0.4 is 11.1 Å². The van der Waals surface area contributed by atoms with Crippen LogP contribution in [-0.2, 0) is 4.79 Å². The van der Waals surface area contributed by atoms with Crippen LogP contribution in [0.15, 0.2) is 18.2 Å². The van der Waals surface area contributed by atoms with Gasteiger partial charge in [0, 0.05) is 5.69 Å². The Hall–Kier alpha value is -1.30. The SMILES string of the molecule is Cc1nc2ccc(NC(=O)C3(N)CC3)cc2[nH]1.Cl.Cl. The average Bonchev–Trinajstić information content (AvgIpc) is 2.91. The lowest BCUT2D eigenvalue weighted by Crippen LogP contribution is -2.37. The fourth-order valence-electron chi connectivity index (χ4n) is 1.83. The maximum Gasteiger partial charge on any atom is 0.244 e. The second kappa shape index (κ2) is 5.36. The molecule has 7 heteroatoms. The van der Waals surface area contributed by atoms with E-state index in [1.807, 2.05) is 25.1 Å². The smallest absolute Gasteiger partial charge is 0.244 e. The number of H-pyrrole nitrogens is 1. The number of aryl methyl sites for hydroxylation is 1. The van der Waals surface area contributed by atoms with Crippen LogP contribution in [0.2, 0.25) is 0 Å². The monoisotopic (exact) mass is 302 g/mol. The molecule has 1 aliphatic rings. The lowest BCUT2D eigenvalue weighted by Gasteiger charge is -2.09. The summed E-state index contributed by atoms with van der Waals surface area (Å²) in [6.45, 7) is 1.90. The molecule has 5 nitrogen and oxygen atoms in total. The van der Waals surface area contributed by atoms with Gasteiger partial charge in [0.05, 0.1) is 16.6 Å². The van der Waals surface area contributed by atoms with Gasteiger partial charge in [0.2, 0.25) is 5.91 Å². The van der Waals surface area contributed by atoms with Crippen LogP contribution in [0.4, 0.5) is 5.69 Å². The van der Waals surface area contributed by atoms with Gasteiger partial charge in [-0.3, -0.25) is 4.79 Å². The minimum Gasteiger partial charge on any atom is -0.342 e. The number of hydrogen-bond acceptors (Lipinski definition) is 3. The highest BCUT2D eigenvalue weighted by atomic mass is 35.5. The number of fused-ring (bicyclic) bond motifs is 1. The van der Waals surface area contributed by atoms with Gasteiger partial charge in [-0.15, -0.1) is 24.8 Å². The lowest BCUT2D eigenvalue weighted by atomic mass is 10.2. The average molecular weight is 303 g/mol. The number of aromatic amines is 1. The fourth-order valence-corrected chi connectivity index (χ4v) is 1.83. The Balaban J connectivity index is 0.000000902. The Bertz CT molecular complexity index is 607. The first-order chi connectivity index (χ1) is 8.07. The van der Waals surface area contributed by atoms with Crippen LogP contribution in [0.1, 0.15) is 18.7 Å². The van der Waals surface area contributed by atoms with Gasteiger partial charge >= 0.3 is 0 Å². The highest BCUT2D eigenvalue weighted by molar-refractivity contribution is 6.01. The van der Waals surface area contributed by atoms with Gasteiger partial charge in [-0.1, -0.05) is 0 Å². The van der Waals surface area contributed by atoms with Crippen molar-refractivity contribution in [2.45, 2.75) is 25.3 Å². The lowest BCUT2D eigenvalue weighted by molar-refractivity contribution is -0.118. The molecule has 0 unspecified atom stereocenters. The summed E-state index contributed by atoms with van der Waals surface area (Å²) in [7, 11) is 0. The first-order valence-electron chi connectivity index (χ1n) is 5.64. The van der Waals surface area contributed by atoms with Gasteiger partial charge < -0.3 is 16.0 Å². The van der Waals surface area contributed by atoms with Gasteiger partial charge in [0.1, 0.15) is 5.82 Å². The van der Waals surface area contributed by atoms with Crippen LogP contribution in [0, 0.1) is 6.92 Å². The quantitative estimate of drug-likeness (QED) is 0.795. The number of aromatic nitrogens is 2. The number of carbonyl (C=O) groups excluding carboxylic acids is 1. The predicted molar refractivity (Wildman–Crippen MR) is 80.1 cm³/mol. The second-order valence-corrected chi connectivity index (χ2v) is 4.66. The van der Waals surface area contributed by atoms with Crippen LogP contribution in [0.3, 0.4) is 0 Å². The molecule has 0 spiro atoms. The second-order valence-electron chi connectivity index (χ2n) is 4.66. The zero-order chi connectivity index (χ0) is 12.0. The molecular formula is C12H16Cl2N4O. The highest BCUT2D eigenvalue weighted by Gasteiger charge is 2.45. The molecule has 3 rings (SSSR count). The largest absolute Gasteiger partial charge is 0.342 e. The Morgan fingerprint density at radius 2 is 2.11 bits per heavy atom. The molecule has 1 amide bonds. The number of amides is 1. The van der Waals surface area contributed by atoms with Crippen molar-refractivity contribution in [3.63, 3.8) is 0 Å². The van der Waals surface area contributed by atoms with E-state index in [4.69, 9.17) is 5.73 Å². The molecule has 4 N–H and O–H groups in total. The maximum atomic E-state index is 11.8. The molecule has 0 bridgehead atoms. The van der Waals surface area contributed by atoms with E-state index in [-0.39, 0.29) is 30.7 Å².